The fraction of sp³-hybridized carbons (Fsp3) is 0.0833. The van der Waals surface area contributed by atoms with Crippen LogP contribution in [0.4, 0.5) is 0 Å². The van der Waals surface area contributed by atoms with E-state index in [9.17, 15) is 4.79 Å². The number of benzene rings is 2. The summed E-state index contributed by atoms with van der Waals surface area (Å²) in [6.45, 7) is 0.0755. The van der Waals surface area contributed by atoms with Crippen molar-refractivity contribution in [1.29, 1.82) is 0 Å². The molecule has 0 aliphatic heterocycles. The molecule has 2 aromatic rings. The Morgan fingerprint density at radius 1 is 1.27 bits per heavy atom. The van der Waals surface area contributed by atoms with Gasteiger partial charge in [0.1, 0.15) is 12.4 Å². The first-order chi connectivity index (χ1) is 7.31. The molecule has 0 aliphatic carbocycles. The van der Waals surface area contributed by atoms with E-state index in [0.717, 1.165) is 22.1 Å². The van der Waals surface area contributed by atoms with Crippen LogP contribution in [0.25, 0.3) is 10.8 Å². The van der Waals surface area contributed by atoms with E-state index < -0.39 is 0 Å². The van der Waals surface area contributed by atoms with Crippen LogP contribution in [0.15, 0.2) is 36.4 Å². The van der Waals surface area contributed by atoms with Gasteiger partial charge >= 0.3 is 0 Å². The SMILES string of the molecule is O=CCOc1ccc2c(Cl)cccc2c1. The second kappa shape index (κ2) is 4.32. The van der Waals surface area contributed by atoms with Crippen LogP contribution in [-0.4, -0.2) is 12.9 Å². The summed E-state index contributed by atoms with van der Waals surface area (Å²) in [7, 11) is 0. The van der Waals surface area contributed by atoms with Crippen LogP contribution in [0.2, 0.25) is 5.02 Å². The van der Waals surface area contributed by atoms with Gasteiger partial charge in [-0.25, -0.2) is 0 Å². The maximum Gasteiger partial charge on any atom is 0.157 e. The van der Waals surface area contributed by atoms with Crippen molar-refractivity contribution in [1.82, 2.24) is 0 Å². The first kappa shape index (κ1) is 9.99. The van der Waals surface area contributed by atoms with Crippen molar-refractivity contribution >= 4 is 28.7 Å². The van der Waals surface area contributed by atoms with E-state index in [4.69, 9.17) is 16.3 Å². The van der Waals surface area contributed by atoms with Crippen LogP contribution in [0, 0.1) is 0 Å². The van der Waals surface area contributed by atoms with Crippen LogP contribution in [0.3, 0.4) is 0 Å². The van der Waals surface area contributed by atoms with Crippen molar-refractivity contribution in [3.63, 3.8) is 0 Å². The molecule has 0 fully saturated rings. The normalized spacial score (nSPS) is 10.2. The van der Waals surface area contributed by atoms with E-state index in [-0.39, 0.29) is 6.61 Å². The van der Waals surface area contributed by atoms with Gasteiger partial charge in [0.2, 0.25) is 0 Å². The van der Waals surface area contributed by atoms with E-state index >= 15 is 0 Å². The zero-order valence-corrected chi connectivity index (χ0v) is 8.70. The predicted octanol–water partition coefficient (Wildman–Crippen LogP) is 3.07. The number of hydrogen-bond acceptors (Lipinski definition) is 2. The van der Waals surface area contributed by atoms with E-state index in [1.165, 1.54) is 0 Å². The highest BCUT2D eigenvalue weighted by atomic mass is 35.5. The van der Waals surface area contributed by atoms with Gasteiger partial charge in [-0.1, -0.05) is 23.7 Å². The summed E-state index contributed by atoms with van der Waals surface area (Å²) >= 11 is 6.02. The maximum absolute atomic E-state index is 10.1. The quantitative estimate of drug-likeness (QED) is 0.744. The Labute approximate surface area is 92.4 Å². The zero-order chi connectivity index (χ0) is 10.7. The smallest absolute Gasteiger partial charge is 0.157 e. The average Bonchev–Trinajstić information content (AvgIpc) is 2.26. The van der Waals surface area contributed by atoms with Crippen molar-refractivity contribution < 1.29 is 9.53 Å². The number of halogens is 1. The lowest BCUT2D eigenvalue weighted by Gasteiger charge is -2.04. The van der Waals surface area contributed by atoms with Gasteiger partial charge in [0.25, 0.3) is 0 Å². The van der Waals surface area contributed by atoms with Gasteiger partial charge in [-0.15, -0.1) is 0 Å². The molecule has 76 valence electrons. The van der Waals surface area contributed by atoms with Gasteiger partial charge in [-0.2, -0.15) is 0 Å². The molecule has 3 heteroatoms. The van der Waals surface area contributed by atoms with E-state index in [1.54, 1.807) is 6.07 Å². The Balaban J connectivity index is 2.43. The number of carbonyl (C=O) groups is 1. The molecule has 0 spiro atoms. The van der Waals surface area contributed by atoms with Crippen molar-refractivity contribution in [2.24, 2.45) is 0 Å². The standard InChI is InChI=1S/C12H9ClO2/c13-12-3-1-2-9-8-10(15-7-6-14)4-5-11(9)12/h1-6,8H,7H2. The molecule has 0 bridgehead atoms. The van der Waals surface area contributed by atoms with Crippen LogP contribution in [0.1, 0.15) is 0 Å². The molecule has 2 aromatic carbocycles. The molecule has 0 aliphatic rings. The molecule has 0 atom stereocenters. The number of hydrogen-bond donors (Lipinski definition) is 0. The number of carbonyl (C=O) groups excluding carboxylic acids is 1. The largest absolute Gasteiger partial charge is 0.486 e. The Morgan fingerprint density at radius 2 is 2.13 bits per heavy atom. The molecule has 0 amide bonds. The van der Waals surface area contributed by atoms with E-state index in [1.807, 2.05) is 30.3 Å². The lowest BCUT2D eigenvalue weighted by atomic mass is 10.1. The fourth-order valence-electron chi connectivity index (χ4n) is 1.44. The minimum atomic E-state index is 0.0755. The highest BCUT2D eigenvalue weighted by molar-refractivity contribution is 6.35. The minimum Gasteiger partial charge on any atom is -0.486 e. The van der Waals surface area contributed by atoms with E-state index in [0.29, 0.717) is 5.75 Å². The highest BCUT2D eigenvalue weighted by Gasteiger charge is 2.00. The number of fused-ring (bicyclic) bond motifs is 1. The molecular weight excluding hydrogens is 212 g/mol. The van der Waals surface area contributed by atoms with Gasteiger partial charge in [-0.3, -0.25) is 4.79 Å². The summed E-state index contributed by atoms with van der Waals surface area (Å²) in [6.07, 6.45) is 0.724. The molecule has 0 heterocycles. The number of aldehydes is 1. The lowest BCUT2D eigenvalue weighted by Crippen LogP contribution is -1.97. The second-order valence-electron chi connectivity index (χ2n) is 3.10. The third-order valence-corrected chi connectivity index (χ3v) is 2.45. The Bertz CT molecular complexity index is 494. The Hall–Kier alpha value is -1.54. The van der Waals surface area contributed by atoms with Crippen molar-refractivity contribution in [2.45, 2.75) is 0 Å². The fourth-order valence-corrected chi connectivity index (χ4v) is 1.69. The molecule has 0 aromatic heterocycles. The predicted molar refractivity (Wildman–Crippen MR) is 60.5 cm³/mol. The first-order valence-corrected chi connectivity index (χ1v) is 4.94. The molecule has 0 saturated carbocycles. The van der Waals surface area contributed by atoms with Crippen LogP contribution < -0.4 is 4.74 Å². The van der Waals surface area contributed by atoms with Gasteiger partial charge in [-0.05, 0) is 29.7 Å². The van der Waals surface area contributed by atoms with Crippen LogP contribution in [0.5, 0.6) is 5.75 Å². The maximum atomic E-state index is 10.1. The summed E-state index contributed by atoms with van der Waals surface area (Å²) in [5.41, 5.74) is 0. The van der Waals surface area contributed by atoms with Gasteiger partial charge in [0.05, 0.1) is 0 Å². The highest BCUT2D eigenvalue weighted by Crippen LogP contribution is 2.26. The average molecular weight is 221 g/mol. The van der Waals surface area contributed by atoms with Crippen molar-refractivity contribution in [3.8, 4) is 5.75 Å². The Morgan fingerprint density at radius 3 is 2.93 bits per heavy atom. The molecule has 0 unspecified atom stereocenters. The summed E-state index contributed by atoms with van der Waals surface area (Å²) in [5.74, 6) is 0.678. The summed E-state index contributed by atoms with van der Waals surface area (Å²) in [6, 6.07) is 11.2. The van der Waals surface area contributed by atoms with Crippen LogP contribution >= 0.6 is 11.6 Å². The van der Waals surface area contributed by atoms with Gasteiger partial charge in [0, 0.05) is 10.4 Å². The van der Waals surface area contributed by atoms with Crippen molar-refractivity contribution in [3.05, 3.63) is 41.4 Å². The Kier molecular flexibility index (Phi) is 2.88. The number of rotatable bonds is 3. The van der Waals surface area contributed by atoms with Gasteiger partial charge in [0.15, 0.2) is 6.29 Å². The molecule has 0 saturated heterocycles. The number of ether oxygens (including phenoxy) is 1. The summed E-state index contributed by atoms with van der Waals surface area (Å²) < 4.78 is 5.19. The van der Waals surface area contributed by atoms with Crippen LogP contribution in [-0.2, 0) is 4.79 Å². The lowest BCUT2D eigenvalue weighted by molar-refractivity contribution is -0.109. The van der Waals surface area contributed by atoms with Gasteiger partial charge < -0.3 is 4.74 Å². The summed E-state index contributed by atoms with van der Waals surface area (Å²) in [4.78, 5) is 10.1. The topological polar surface area (TPSA) is 26.3 Å². The molecule has 2 rings (SSSR count). The summed E-state index contributed by atoms with van der Waals surface area (Å²) in [5, 5.41) is 2.71. The monoisotopic (exact) mass is 220 g/mol. The zero-order valence-electron chi connectivity index (χ0n) is 7.94. The second-order valence-corrected chi connectivity index (χ2v) is 3.51. The third-order valence-electron chi connectivity index (χ3n) is 2.12. The molecule has 0 radical (unpaired) electrons. The van der Waals surface area contributed by atoms with Crippen molar-refractivity contribution in [2.75, 3.05) is 6.61 Å². The molecule has 2 nitrogen and oxygen atoms in total. The molecular formula is C12H9ClO2. The van der Waals surface area contributed by atoms with E-state index in [2.05, 4.69) is 0 Å². The molecule has 15 heavy (non-hydrogen) atoms. The third kappa shape index (κ3) is 2.10. The minimum absolute atomic E-state index is 0.0755. The molecule has 0 N–H and O–H groups in total. The first-order valence-electron chi connectivity index (χ1n) is 4.56.